The van der Waals surface area contributed by atoms with Gasteiger partial charge in [0.05, 0.1) is 16.9 Å². The molecule has 0 saturated heterocycles. The Balaban J connectivity index is 1.70. The minimum atomic E-state index is -0.460. The van der Waals surface area contributed by atoms with Crippen molar-refractivity contribution in [1.29, 1.82) is 0 Å². The molecule has 1 heterocycles. The van der Waals surface area contributed by atoms with Crippen molar-refractivity contribution in [3.05, 3.63) is 106 Å². The lowest BCUT2D eigenvalue weighted by atomic mass is 10.1. The molecule has 0 bridgehead atoms. The van der Waals surface area contributed by atoms with Crippen LogP contribution < -0.4 is 10.9 Å². The summed E-state index contributed by atoms with van der Waals surface area (Å²) in [6, 6.07) is 23.6. The van der Waals surface area contributed by atoms with Gasteiger partial charge in [-0.05, 0) is 49.2 Å². The van der Waals surface area contributed by atoms with E-state index in [1.807, 2.05) is 67.6 Å². The van der Waals surface area contributed by atoms with E-state index in [4.69, 9.17) is 16.6 Å². The fourth-order valence-electron chi connectivity index (χ4n) is 3.86. The number of nitrogens with zero attached hydrogens (tertiary/aromatic N) is 3. The number of anilines is 1. The van der Waals surface area contributed by atoms with Crippen molar-refractivity contribution in [1.82, 2.24) is 14.5 Å². The van der Waals surface area contributed by atoms with E-state index in [0.29, 0.717) is 40.4 Å². The molecular formula is C26H25ClN4O2. The van der Waals surface area contributed by atoms with Crippen molar-refractivity contribution in [2.24, 2.45) is 7.05 Å². The first-order valence-corrected chi connectivity index (χ1v) is 11.1. The number of hydrogen-bond acceptors (Lipinski definition) is 3. The highest BCUT2D eigenvalue weighted by Gasteiger charge is 2.25. The summed E-state index contributed by atoms with van der Waals surface area (Å²) in [5.74, 6) is 0.492. The van der Waals surface area contributed by atoms with Crippen LogP contribution in [0.2, 0.25) is 5.02 Å². The van der Waals surface area contributed by atoms with Crippen LogP contribution in [0.1, 0.15) is 24.4 Å². The van der Waals surface area contributed by atoms with Gasteiger partial charge in [-0.2, -0.15) is 0 Å². The molecule has 6 nitrogen and oxygen atoms in total. The molecule has 0 fully saturated rings. The zero-order valence-electron chi connectivity index (χ0n) is 18.5. The lowest BCUT2D eigenvalue weighted by Gasteiger charge is -2.30. The smallest absolute Gasteiger partial charge is 0.314 e. The van der Waals surface area contributed by atoms with Gasteiger partial charge in [0.1, 0.15) is 5.82 Å². The molecule has 1 aromatic heterocycles. The molecule has 4 aromatic rings. The number of benzene rings is 3. The molecule has 0 aliphatic carbocycles. The Hall–Kier alpha value is -3.64. The second kappa shape index (κ2) is 9.88. The molecule has 4 rings (SSSR count). The second-order valence-corrected chi connectivity index (χ2v) is 8.33. The third kappa shape index (κ3) is 5.07. The molecular weight excluding hydrogens is 436 g/mol. The number of fused-ring (bicyclic) bond motifs is 1. The molecule has 1 N–H and O–H groups in total. The van der Waals surface area contributed by atoms with Crippen molar-refractivity contribution >= 4 is 34.2 Å². The highest BCUT2D eigenvalue weighted by Crippen LogP contribution is 2.23. The average molecular weight is 461 g/mol. The predicted molar refractivity (Wildman–Crippen MR) is 133 cm³/mol. The zero-order valence-corrected chi connectivity index (χ0v) is 19.3. The van der Waals surface area contributed by atoms with E-state index in [-0.39, 0.29) is 11.6 Å². The Morgan fingerprint density at radius 1 is 1.06 bits per heavy atom. The number of hydrogen-bond donors (Lipinski definition) is 1. The molecule has 2 amide bonds. The second-order valence-electron chi connectivity index (χ2n) is 7.90. The monoisotopic (exact) mass is 460 g/mol. The Kier molecular flexibility index (Phi) is 6.75. The van der Waals surface area contributed by atoms with Crippen LogP contribution in [-0.2, 0) is 13.5 Å². The van der Waals surface area contributed by atoms with Gasteiger partial charge in [-0.25, -0.2) is 9.78 Å². The van der Waals surface area contributed by atoms with Crippen molar-refractivity contribution in [3.63, 3.8) is 0 Å². The molecule has 0 saturated carbocycles. The fraction of sp³-hybridized carbons (Fsp3) is 0.192. The van der Waals surface area contributed by atoms with Crippen LogP contribution in [0, 0.1) is 0 Å². The predicted octanol–water partition coefficient (Wildman–Crippen LogP) is 5.42. The standard InChI is InChI=1S/C26H25ClN4O2/c1-18(24-29-23-17-20(27)13-14-22(23)25(32)30(24)2)31(16-15-19-9-5-3-6-10-19)26(33)28-21-11-7-4-8-12-21/h3-14,17-18H,15-16H2,1-2H3,(H,28,33). The fourth-order valence-corrected chi connectivity index (χ4v) is 4.02. The third-order valence-electron chi connectivity index (χ3n) is 5.68. The zero-order chi connectivity index (χ0) is 23.4. The Morgan fingerprint density at radius 3 is 2.42 bits per heavy atom. The van der Waals surface area contributed by atoms with Crippen molar-refractivity contribution < 1.29 is 4.79 Å². The minimum absolute atomic E-state index is 0.176. The number of carbonyl (C=O) groups is 1. The number of amides is 2. The average Bonchev–Trinajstić information content (AvgIpc) is 2.82. The number of aromatic nitrogens is 2. The summed E-state index contributed by atoms with van der Waals surface area (Å²) in [6.07, 6.45) is 0.667. The first kappa shape index (κ1) is 22.6. The number of para-hydroxylation sites is 1. The summed E-state index contributed by atoms with van der Waals surface area (Å²) in [5.41, 5.74) is 2.16. The highest BCUT2D eigenvalue weighted by molar-refractivity contribution is 6.31. The van der Waals surface area contributed by atoms with E-state index < -0.39 is 6.04 Å². The summed E-state index contributed by atoms with van der Waals surface area (Å²) in [5, 5.41) is 3.95. The molecule has 3 aromatic carbocycles. The third-order valence-corrected chi connectivity index (χ3v) is 5.92. The van der Waals surface area contributed by atoms with Gasteiger partial charge in [-0.1, -0.05) is 60.1 Å². The van der Waals surface area contributed by atoms with E-state index in [2.05, 4.69) is 5.32 Å². The van der Waals surface area contributed by atoms with E-state index in [0.717, 1.165) is 5.56 Å². The lowest BCUT2D eigenvalue weighted by Crippen LogP contribution is -2.40. The van der Waals surface area contributed by atoms with Crippen LogP contribution >= 0.6 is 11.6 Å². The maximum absolute atomic E-state index is 13.3. The van der Waals surface area contributed by atoms with Crippen LogP contribution in [-0.4, -0.2) is 27.0 Å². The van der Waals surface area contributed by atoms with E-state index in [9.17, 15) is 9.59 Å². The van der Waals surface area contributed by atoms with Crippen LogP contribution in [0.5, 0.6) is 0 Å². The van der Waals surface area contributed by atoms with Crippen molar-refractivity contribution in [3.8, 4) is 0 Å². The topological polar surface area (TPSA) is 67.2 Å². The number of nitrogens with one attached hydrogen (secondary N) is 1. The molecule has 1 atom stereocenters. The first-order valence-electron chi connectivity index (χ1n) is 10.8. The van der Waals surface area contributed by atoms with Gasteiger partial charge in [-0.3, -0.25) is 9.36 Å². The lowest BCUT2D eigenvalue weighted by molar-refractivity contribution is 0.189. The van der Waals surface area contributed by atoms with Crippen LogP contribution in [0.25, 0.3) is 10.9 Å². The molecule has 1 unspecified atom stereocenters. The van der Waals surface area contributed by atoms with E-state index in [1.54, 1.807) is 30.1 Å². The van der Waals surface area contributed by atoms with Gasteiger partial charge < -0.3 is 10.2 Å². The first-order chi connectivity index (χ1) is 15.9. The summed E-state index contributed by atoms with van der Waals surface area (Å²) in [6.45, 7) is 2.33. The molecule has 0 aliphatic rings. The normalized spacial score (nSPS) is 11.8. The van der Waals surface area contributed by atoms with Crippen LogP contribution in [0.4, 0.5) is 10.5 Å². The molecule has 168 valence electrons. The highest BCUT2D eigenvalue weighted by atomic mass is 35.5. The minimum Gasteiger partial charge on any atom is -0.314 e. The maximum Gasteiger partial charge on any atom is 0.322 e. The van der Waals surface area contributed by atoms with Gasteiger partial charge in [0.15, 0.2) is 0 Å². The maximum atomic E-state index is 13.3. The summed E-state index contributed by atoms with van der Waals surface area (Å²) in [4.78, 5) is 32.8. The molecule has 0 aliphatic heterocycles. The number of urea groups is 1. The van der Waals surface area contributed by atoms with Crippen molar-refractivity contribution in [2.45, 2.75) is 19.4 Å². The summed E-state index contributed by atoms with van der Waals surface area (Å²) < 4.78 is 1.51. The van der Waals surface area contributed by atoms with E-state index in [1.165, 1.54) is 4.57 Å². The van der Waals surface area contributed by atoms with Crippen molar-refractivity contribution in [2.75, 3.05) is 11.9 Å². The summed E-state index contributed by atoms with van der Waals surface area (Å²) >= 11 is 6.14. The van der Waals surface area contributed by atoms with Gasteiger partial charge in [-0.15, -0.1) is 0 Å². The van der Waals surface area contributed by atoms with Crippen LogP contribution in [0.3, 0.4) is 0 Å². The molecule has 7 heteroatoms. The molecule has 0 radical (unpaired) electrons. The quantitative estimate of drug-likeness (QED) is 0.417. The van der Waals surface area contributed by atoms with Gasteiger partial charge in [0.2, 0.25) is 0 Å². The molecule has 33 heavy (non-hydrogen) atoms. The number of halogens is 1. The Morgan fingerprint density at radius 2 is 1.73 bits per heavy atom. The Bertz CT molecular complexity index is 1320. The summed E-state index contributed by atoms with van der Waals surface area (Å²) in [7, 11) is 1.68. The molecule has 0 spiro atoms. The SMILES string of the molecule is CC(c1nc2cc(Cl)ccc2c(=O)n1C)N(CCc1ccccc1)C(=O)Nc1ccccc1. The Labute approximate surface area is 197 Å². The van der Waals surface area contributed by atoms with Gasteiger partial charge in [0, 0.05) is 24.3 Å². The van der Waals surface area contributed by atoms with E-state index >= 15 is 0 Å². The van der Waals surface area contributed by atoms with Gasteiger partial charge in [0.25, 0.3) is 5.56 Å². The number of carbonyl (C=O) groups excluding carboxylic acids is 1. The van der Waals surface area contributed by atoms with Gasteiger partial charge >= 0.3 is 6.03 Å². The van der Waals surface area contributed by atoms with Crippen LogP contribution in [0.15, 0.2) is 83.7 Å². The largest absolute Gasteiger partial charge is 0.322 e. The number of rotatable bonds is 6.